The molecule has 0 saturated carbocycles. The molecule has 1 heterocycles. The predicted octanol–water partition coefficient (Wildman–Crippen LogP) is 4.24. The molecule has 3 rings (SSSR count). The van der Waals surface area contributed by atoms with Gasteiger partial charge in [-0.05, 0) is 30.7 Å². The highest BCUT2D eigenvalue weighted by Gasteiger charge is 2.16. The van der Waals surface area contributed by atoms with Crippen molar-refractivity contribution >= 4 is 39.7 Å². The van der Waals surface area contributed by atoms with Crippen LogP contribution in [-0.4, -0.2) is 14.9 Å². The molecule has 3 aromatic rings. The van der Waals surface area contributed by atoms with Gasteiger partial charge in [0.15, 0.2) is 0 Å². The molecule has 6 nitrogen and oxygen atoms in total. The van der Waals surface area contributed by atoms with Gasteiger partial charge in [0.05, 0.1) is 10.4 Å². The second-order valence-electron chi connectivity index (χ2n) is 4.79. The van der Waals surface area contributed by atoms with Crippen molar-refractivity contribution in [3.8, 4) is 0 Å². The third-order valence-electron chi connectivity index (χ3n) is 3.18. The highest BCUT2D eigenvalue weighted by atomic mass is 35.5. The van der Waals surface area contributed by atoms with Gasteiger partial charge < -0.3 is 5.32 Å². The predicted molar refractivity (Wildman–Crippen MR) is 85.7 cm³/mol. The van der Waals surface area contributed by atoms with Crippen molar-refractivity contribution in [2.24, 2.45) is 0 Å². The SMILES string of the molecule is Cc1cccc(Nc2ncnc3cc(Cl)c([N+](=O)[O-])cc23)c1. The summed E-state index contributed by atoms with van der Waals surface area (Å²) < 4.78 is 0. The van der Waals surface area contributed by atoms with Crippen molar-refractivity contribution < 1.29 is 4.92 Å². The van der Waals surface area contributed by atoms with Crippen molar-refractivity contribution in [1.82, 2.24) is 9.97 Å². The Labute approximate surface area is 130 Å². The number of nitro benzene ring substituents is 1. The van der Waals surface area contributed by atoms with Crippen molar-refractivity contribution in [1.29, 1.82) is 0 Å². The highest BCUT2D eigenvalue weighted by molar-refractivity contribution is 6.33. The summed E-state index contributed by atoms with van der Waals surface area (Å²) in [5.41, 5.74) is 2.31. The van der Waals surface area contributed by atoms with E-state index in [0.717, 1.165) is 11.3 Å². The first kappa shape index (κ1) is 14.2. The van der Waals surface area contributed by atoms with Crippen LogP contribution < -0.4 is 5.32 Å². The molecule has 0 atom stereocenters. The Hall–Kier alpha value is -2.73. The molecule has 0 aliphatic heterocycles. The fraction of sp³-hybridized carbons (Fsp3) is 0.0667. The molecule has 0 amide bonds. The smallest absolute Gasteiger partial charge is 0.288 e. The maximum Gasteiger partial charge on any atom is 0.288 e. The quantitative estimate of drug-likeness (QED) is 0.577. The van der Waals surface area contributed by atoms with Gasteiger partial charge >= 0.3 is 0 Å². The Morgan fingerprint density at radius 3 is 2.77 bits per heavy atom. The van der Waals surface area contributed by atoms with Crippen LogP contribution in [0.2, 0.25) is 5.02 Å². The fourth-order valence-electron chi connectivity index (χ4n) is 2.17. The first-order valence-electron chi connectivity index (χ1n) is 6.47. The summed E-state index contributed by atoms with van der Waals surface area (Å²) in [6.45, 7) is 1.98. The van der Waals surface area contributed by atoms with Crippen LogP contribution in [0.15, 0.2) is 42.7 Å². The summed E-state index contributed by atoms with van der Waals surface area (Å²) in [6, 6.07) is 10.6. The van der Waals surface area contributed by atoms with Gasteiger partial charge in [0, 0.05) is 17.1 Å². The van der Waals surface area contributed by atoms with Gasteiger partial charge in [0.2, 0.25) is 0 Å². The molecular weight excluding hydrogens is 304 g/mol. The molecule has 1 aromatic heterocycles. The third-order valence-corrected chi connectivity index (χ3v) is 3.48. The summed E-state index contributed by atoms with van der Waals surface area (Å²) in [6.07, 6.45) is 1.39. The number of nitrogens with zero attached hydrogens (tertiary/aromatic N) is 3. The number of fused-ring (bicyclic) bond motifs is 1. The summed E-state index contributed by atoms with van der Waals surface area (Å²) in [5, 5.41) is 14.8. The largest absolute Gasteiger partial charge is 0.340 e. The topological polar surface area (TPSA) is 81.0 Å². The fourth-order valence-corrected chi connectivity index (χ4v) is 2.39. The second-order valence-corrected chi connectivity index (χ2v) is 5.20. The maximum atomic E-state index is 11.0. The lowest BCUT2D eigenvalue weighted by atomic mass is 10.2. The molecular formula is C15H11ClN4O2. The molecule has 0 saturated heterocycles. The van der Waals surface area contributed by atoms with Gasteiger partial charge in [-0.2, -0.15) is 0 Å². The van der Waals surface area contributed by atoms with Gasteiger partial charge in [-0.3, -0.25) is 10.1 Å². The number of nitro groups is 1. The number of hydrogen-bond donors (Lipinski definition) is 1. The van der Waals surface area contributed by atoms with Crippen molar-refractivity contribution in [2.45, 2.75) is 6.92 Å². The minimum Gasteiger partial charge on any atom is -0.340 e. The van der Waals surface area contributed by atoms with E-state index in [-0.39, 0.29) is 10.7 Å². The monoisotopic (exact) mass is 314 g/mol. The van der Waals surface area contributed by atoms with E-state index in [9.17, 15) is 10.1 Å². The summed E-state index contributed by atoms with van der Waals surface area (Å²) in [4.78, 5) is 18.8. The van der Waals surface area contributed by atoms with Gasteiger partial charge in [-0.25, -0.2) is 9.97 Å². The Bertz CT molecular complexity index is 883. The molecule has 110 valence electrons. The molecule has 0 fully saturated rings. The van der Waals surface area contributed by atoms with Crippen LogP contribution in [0.25, 0.3) is 10.9 Å². The summed E-state index contributed by atoms with van der Waals surface area (Å²) >= 11 is 5.91. The number of aryl methyl sites for hydroxylation is 1. The molecule has 0 spiro atoms. The molecule has 0 aliphatic rings. The van der Waals surface area contributed by atoms with Crippen LogP contribution in [0.4, 0.5) is 17.2 Å². The van der Waals surface area contributed by atoms with E-state index in [4.69, 9.17) is 11.6 Å². The van der Waals surface area contributed by atoms with Gasteiger partial charge in [-0.1, -0.05) is 23.7 Å². The molecule has 0 radical (unpaired) electrons. The Morgan fingerprint density at radius 2 is 2.05 bits per heavy atom. The van der Waals surface area contributed by atoms with Gasteiger partial charge in [0.25, 0.3) is 5.69 Å². The Morgan fingerprint density at radius 1 is 1.23 bits per heavy atom. The zero-order chi connectivity index (χ0) is 15.7. The normalized spacial score (nSPS) is 10.6. The number of anilines is 2. The second kappa shape index (κ2) is 5.57. The number of nitrogens with one attached hydrogen (secondary N) is 1. The molecule has 7 heteroatoms. The minimum atomic E-state index is -0.523. The van der Waals surface area contributed by atoms with Crippen LogP contribution in [0.5, 0.6) is 0 Å². The van der Waals surface area contributed by atoms with Crippen LogP contribution in [-0.2, 0) is 0 Å². The number of benzene rings is 2. The lowest BCUT2D eigenvalue weighted by Gasteiger charge is -2.09. The van der Waals surface area contributed by atoms with Gasteiger partial charge in [0.1, 0.15) is 17.2 Å². The van der Waals surface area contributed by atoms with E-state index in [0.29, 0.717) is 16.7 Å². The average Bonchev–Trinajstić information content (AvgIpc) is 2.46. The van der Waals surface area contributed by atoms with Crippen molar-refractivity contribution in [2.75, 3.05) is 5.32 Å². The van der Waals surface area contributed by atoms with E-state index in [1.807, 2.05) is 31.2 Å². The van der Waals surface area contributed by atoms with E-state index < -0.39 is 4.92 Å². The summed E-state index contributed by atoms with van der Waals surface area (Å²) in [7, 11) is 0. The lowest BCUT2D eigenvalue weighted by Crippen LogP contribution is -1.97. The molecule has 0 unspecified atom stereocenters. The lowest BCUT2D eigenvalue weighted by molar-refractivity contribution is -0.384. The zero-order valence-electron chi connectivity index (χ0n) is 11.6. The molecule has 22 heavy (non-hydrogen) atoms. The maximum absolute atomic E-state index is 11.0. The van der Waals surface area contributed by atoms with Crippen molar-refractivity contribution in [3.05, 3.63) is 63.4 Å². The summed E-state index contributed by atoms with van der Waals surface area (Å²) in [5.74, 6) is 0.496. The standard InChI is InChI=1S/C15H11ClN4O2/c1-9-3-2-4-10(5-9)19-15-11-6-14(20(21)22)12(16)7-13(11)17-8-18-15/h2-8H,1H3,(H,17,18,19). The Kier molecular flexibility index (Phi) is 3.60. The van der Waals surface area contributed by atoms with Crippen molar-refractivity contribution in [3.63, 3.8) is 0 Å². The van der Waals surface area contributed by atoms with Gasteiger partial charge in [-0.15, -0.1) is 0 Å². The van der Waals surface area contributed by atoms with E-state index in [2.05, 4.69) is 15.3 Å². The molecule has 0 aliphatic carbocycles. The Balaban J connectivity index is 2.13. The van der Waals surface area contributed by atoms with Crippen LogP contribution in [0, 0.1) is 17.0 Å². The van der Waals surface area contributed by atoms with Crippen LogP contribution in [0.1, 0.15) is 5.56 Å². The van der Waals surface area contributed by atoms with E-state index in [1.165, 1.54) is 18.5 Å². The number of hydrogen-bond acceptors (Lipinski definition) is 5. The zero-order valence-corrected chi connectivity index (χ0v) is 12.3. The number of halogens is 1. The van der Waals surface area contributed by atoms with Crippen LogP contribution in [0.3, 0.4) is 0 Å². The number of aromatic nitrogens is 2. The van der Waals surface area contributed by atoms with Crippen LogP contribution >= 0.6 is 11.6 Å². The van der Waals surface area contributed by atoms with E-state index >= 15 is 0 Å². The molecule has 0 bridgehead atoms. The molecule has 1 N–H and O–H groups in total. The number of rotatable bonds is 3. The highest BCUT2D eigenvalue weighted by Crippen LogP contribution is 2.32. The molecule has 2 aromatic carbocycles. The van der Waals surface area contributed by atoms with E-state index in [1.54, 1.807) is 0 Å². The first-order chi connectivity index (χ1) is 10.5. The minimum absolute atomic E-state index is 0.0534. The first-order valence-corrected chi connectivity index (χ1v) is 6.85. The third kappa shape index (κ3) is 2.68. The average molecular weight is 315 g/mol.